The van der Waals surface area contributed by atoms with Crippen molar-refractivity contribution in [1.82, 2.24) is 9.80 Å². The van der Waals surface area contributed by atoms with Crippen LogP contribution in [0, 0.1) is 0 Å². The standard InChI is InChI=1S/C12H22N2O2/c1-2-11(12(15)16)14-8-5-10(9-14)13-6-3-4-7-13/h10-11H,2-9H2,1H3,(H,15,16). The normalized spacial score (nSPS) is 29.7. The molecule has 0 saturated carbocycles. The fourth-order valence-corrected chi connectivity index (χ4v) is 3.04. The minimum Gasteiger partial charge on any atom is -0.480 e. The summed E-state index contributed by atoms with van der Waals surface area (Å²) in [5, 5.41) is 9.13. The van der Waals surface area contributed by atoms with Gasteiger partial charge in [0.15, 0.2) is 0 Å². The minimum absolute atomic E-state index is 0.271. The van der Waals surface area contributed by atoms with E-state index < -0.39 is 5.97 Å². The maximum Gasteiger partial charge on any atom is 0.320 e. The predicted octanol–water partition coefficient (Wildman–Crippen LogP) is 1.02. The molecular formula is C12H22N2O2. The molecule has 0 spiro atoms. The van der Waals surface area contributed by atoms with Gasteiger partial charge in [-0.05, 0) is 38.8 Å². The molecule has 0 aromatic rings. The largest absolute Gasteiger partial charge is 0.480 e. The van der Waals surface area contributed by atoms with Crippen molar-refractivity contribution in [2.75, 3.05) is 26.2 Å². The maximum atomic E-state index is 11.1. The number of carboxylic acid groups (broad SMARTS) is 1. The van der Waals surface area contributed by atoms with Crippen LogP contribution in [0.4, 0.5) is 0 Å². The highest BCUT2D eigenvalue weighted by Crippen LogP contribution is 2.22. The third-order valence-corrected chi connectivity index (χ3v) is 3.96. The van der Waals surface area contributed by atoms with E-state index in [-0.39, 0.29) is 6.04 Å². The van der Waals surface area contributed by atoms with Gasteiger partial charge in [-0.25, -0.2) is 0 Å². The zero-order valence-electron chi connectivity index (χ0n) is 10.1. The molecule has 0 amide bonds. The second-order valence-corrected chi connectivity index (χ2v) is 4.94. The predicted molar refractivity (Wildman–Crippen MR) is 62.5 cm³/mol. The molecular weight excluding hydrogens is 204 g/mol. The van der Waals surface area contributed by atoms with Gasteiger partial charge >= 0.3 is 5.97 Å². The number of hydrogen-bond acceptors (Lipinski definition) is 3. The van der Waals surface area contributed by atoms with Crippen molar-refractivity contribution in [3.63, 3.8) is 0 Å². The zero-order chi connectivity index (χ0) is 11.5. The lowest BCUT2D eigenvalue weighted by Gasteiger charge is -2.26. The molecule has 4 nitrogen and oxygen atoms in total. The van der Waals surface area contributed by atoms with E-state index >= 15 is 0 Å². The van der Waals surface area contributed by atoms with E-state index in [1.54, 1.807) is 0 Å². The summed E-state index contributed by atoms with van der Waals surface area (Å²) < 4.78 is 0. The van der Waals surface area contributed by atoms with Gasteiger partial charge in [-0.2, -0.15) is 0 Å². The van der Waals surface area contributed by atoms with Crippen LogP contribution < -0.4 is 0 Å². The lowest BCUT2D eigenvalue weighted by atomic mass is 10.2. The summed E-state index contributed by atoms with van der Waals surface area (Å²) in [7, 11) is 0. The summed E-state index contributed by atoms with van der Waals surface area (Å²) in [6.45, 7) is 6.28. The molecule has 92 valence electrons. The molecule has 4 heteroatoms. The van der Waals surface area contributed by atoms with E-state index in [0.29, 0.717) is 12.5 Å². The van der Waals surface area contributed by atoms with Gasteiger partial charge in [0.25, 0.3) is 0 Å². The number of hydrogen-bond donors (Lipinski definition) is 1. The van der Waals surface area contributed by atoms with Crippen molar-refractivity contribution in [3.05, 3.63) is 0 Å². The van der Waals surface area contributed by atoms with Crippen molar-refractivity contribution >= 4 is 5.97 Å². The zero-order valence-corrected chi connectivity index (χ0v) is 10.1. The Kier molecular flexibility index (Phi) is 3.82. The number of carboxylic acids is 1. The monoisotopic (exact) mass is 226 g/mol. The molecule has 2 aliphatic heterocycles. The number of carbonyl (C=O) groups is 1. The van der Waals surface area contributed by atoms with Gasteiger partial charge in [-0.15, -0.1) is 0 Å². The van der Waals surface area contributed by atoms with Crippen LogP contribution in [0.2, 0.25) is 0 Å². The Hall–Kier alpha value is -0.610. The van der Waals surface area contributed by atoms with Crippen molar-refractivity contribution in [2.24, 2.45) is 0 Å². The molecule has 2 fully saturated rings. The number of nitrogens with zero attached hydrogens (tertiary/aromatic N) is 2. The van der Waals surface area contributed by atoms with Crippen LogP contribution in [0.3, 0.4) is 0 Å². The fraction of sp³-hybridized carbons (Fsp3) is 0.917. The minimum atomic E-state index is -0.662. The summed E-state index contributed by atoms with van der Waals surface area (Å²) in [5.74, 6) is -0.662. The van der Waals surface area contributed by atoms with E-state index in [2.05, 4.69) is 9.80 Å². The first-order chi connectivity index (χ1) is 7.72. The topological polar surface area (TPSA) is 43.8 Å². The lowest BCUT2D eigenvalue weighted by Crippen LogP contribution is -2.42. The van der Waals surface area contributed by atoms with E-state index in [4.69, 9.17) is 5.11 Å². The third-order valence-electron chi connectivity index (χ3n) is 3.96. The van der Waals surface area contributed by atoms with Crippen molar-refractivity contribution in [1.29, 1.82) is 0 Å². The molecule has 16 heavy (non-hydrogen) atoms. The highest BCUT2D eigenvalue weighted by molar-refractivity contribution is 5.73. The van der Waals surface area contributed by atoms with Crippen LogP contribution >= 0.6 is 0 Å². The maximum absolute atomic E-state index is 11.1. The van der Waals surface area contributed by atoms with Gasteiger partial charge in [0, 0.05) is 19.1 Å². The molecule has 0 bridgehead atoms. The van der Waals surface area contributed by atoms with Crippen LogP contribution in [0.25, 0.3) is 0 Å². The number of rotatable bonds is 4. The van der Waals surface area contributed by atoms with Crippen molar-refractivity contribution in [2.45, 2.75) is 44.7 Å². The fourth-order valence-electron chi connectivity index (χ4n) is 3.04. The van der Waals surface area contributed by atoms with Crippen LogP contribution in [-0.2, 0) is 4.79 Å². The highest BCUT2D eigenvalue weighted by Gasteiger charge is 2.34. The molecule has 0 radical (unpaired) electrons. The van der Waals surface area contributed by atoms with Gasteiger partial charge < -0.3 is 5.11 Å². The van der Waals surface area contributed by atoms with E-state index in [1.807, 2.05) is 6.92 Å². The molecule has 0 aliphatic carbocycles. The van der Waals surface area contributed by atoms with Gasteiger partial charge in [-0.1, -0.05) is 6.92 Å². The number of likely N-dealkylation sites (tertiary alicyclic amines) is 2. The van der Waals surface area contributed by atoms with Crippen molar-refractivity contribution in [3.8, 4) is 0 Å². The van der Waals surface area contributed by atoms with Crippen LogP contribution in [0.15, 0.2) is 0 Å². The molecule has 0 aromatic heterocycles. The summed E-state index contributed by atoms with van der Waals surface area (Å²) in [5.41, 5.74) is 0. The summed E-state index contributed by atoms with van der Waals surface area (Å²) in [6.07, 6.45) is 4.48. The van der Waals surface area contributed by atoms with Crippen LogP contribution in [0.1, 0.15) is 32.6 Å². The second kappa shape index (κ2) is 5.15. The molecule has 2 aliphatic rings. The molecule has 2 heterocycles. The summed E-state index contributed by atoms with van der Waals surface area (Å²) in [6, 6.07) is 0.337. The summed E-state index contributed by atoms with van der Waals surface area (Å²) >= 11 is 0. The molecule has 2 rings (SSSR count). The first-order valence-electron chi connectivity index (χ1n) is 6.43. The van der Waals surface area contributed by atoms with Crippen LogP contribution in [0.5, 0.6) is 0 Å². The molecule has 2 atom stereocenters. The van der Waals surface area contributed by atoms with Gasteiger partial charge in [-0.3, -0.25) is 14.6 Å². The SMILES string of the molecule is CCC(C(=O)O)N1CCC(N2CCCC2)C1. The van der Waals surface area contributed by atoms with Crippen molar-refractivity contribution < 1.29 is 9.90 Å². The average molecular weight is 226 g/mol. The Morgan fingerprint density at radius 2 is 2.06 bits per heavy atom. The van der Waals surface area contributed by atoms with Gasteiger partial charge in [0.05, 0.1) is 0 Å². The highest BCUT2D eigenvalue weighted by atomic mass is 16.4. The molecule has 2 unspecified atom stereocenters. The Balaban J connectivity index is 1.88. The smallest absolute Gasteiger partial charge is 0.320 e. The van der Waals surface area contributed by atoms with Gasteiger partial charge in [0.2, 0.25) is 0 Å². The van der Waals surface area contributed by atoms with Gasteiger partial charge in [0.1, 0.15) is 6.04 Å². The quantitative estimate of drug-likeness (QED) is 0.777. The summed E-state index contributed by atoms with van der Waals surface area (Å²) in [4.78, 5) is 15.8. The second-order valence-electron chi connectivity index (χ2n) is 4.94. The van der Waals surface area contributed by atoms with E-state index in [0.717, 1.165) is 19.5 Å². The Bertz CT molecular complexity index is 251. The van der Waals surface area contributed by atoms with E-state index in [1.165, 1.54) is 25.9 Å². The Morgan fingerprint density at radius 3 is 2.62 bits per heavy atom. The number of aliphatic carboxylic acids is 1. The molecule has 1 N–H and O–H groups in total. The Labute approximate surface area is 97.2 Å². The first-order valence-corrected chi connectivity index (χ1v) is 6.43. The molecule has 0 aromatic carbocycles. The van der Waals surface area contributed by atoms with E-state index in [9.17, 15) is 4.79 Å². The third kappa shape index (κ3) is 2.38. The average Bonchev–Trinajstić information content (AvgIpc) is 2.86. The first kappa shape index (κ1) is 11.9. The molecule has 2 saturated heterocycles. The lowest BCUT2D eigenvalue weighted by molar-refractivity contribution is -0.143. The van der Waals surface area contributed by atoms with Crippen LogP contribution in [-0.4, -0.2) is 59.1 Å². The Morgan fingerprint density at radius 1 is 1.38 bits per heavy atom.